The van der Waals surface area contributed by atoms with Gasteiger partial charge in [-0.3, -0.25) is 4.79 Å². The van der Waals surface area contributed by atoms with Crippen LogP contribution < -0.4 is 5.32 Å². The van der Waals surface area contributed by atoms with E-state index in [0.29, 0.717) is 6.61 Å². The van der Waals surface area contributed by atoms with Gasteiger partial charge >= 0.3 is 12.1 Å². The largest absolute Gasteiger partial charge is 0.481 e. The van der Waals surface area contributed by atoms with Crippen molar-refractivity contribution in [3.8, 4) is 0 Å². The van der Waals surface area contributed by atoms with Gasteiger partial charge in [-0.05, 0) is 26.3 Å². The molecule has 6 heteroatoms. The predicted octanol–water partition coefficient (Wildman–Crippen LogP) is 2.43. The van der Waals surface area contributed by atoms with Crippen LogP contribution in [0.25, 0.3) is 0 Å². The normalized spacial score (nSPS) is 12.5. The van der Waals surface area contributed by atoms with Crippen molar-refractivity contribution in [1.82, 2.24) is 5.32 Å². The smallest absolute Gasteiger partial charge is 0.407 e. The van der Waals surface area contributed by atoms with E-state index in [1.54, 1.807) is 20.8 Å². The van der Waals surface area contributed by atoms with Crippen molar-refractivity contribution in [2.24, 2.45) is 5.92 Å². The highest BCUT2D eigenvalue weighted by atomic mass is 16.6. The molecule has 0 saturated carbocycles. The Bertz CT molecular complexity index is 481. The summed E-state index contributed by atoms with van der Waals surface area (Å²) in [5.41, 5.74) is 0.346. The van der Waals surface area contributed by atoms with Gasteiger partial charge in [-0.1, -0.05) is 30.3 Å². The Balaban J connectivity index is 2.36. The van der Waals surface area contributed by atoms with E-state index >= 15 is 0 Å². The molecule has 1 aromatic carbocycles. The van der Waals surface area contributed by atoms with Crippen LogP contribution in [0.3, 0.4) is 0 Å². The minimum absolute atomic E-state index is 0.0139. The van der Waals surface area contributed by atoms with E-state index < -0.39 is 23.6 Å². The van der Waals surface area contributed by atoms with Crippen molar-refractivity contribution < 1.29 is 24.2 Å². The van der Waals surface area contributed by atoms with Crippen molar-refractivity contribution in [2.45, 2.75) is 33.0 Å². The third-order valence-electron chi connectivity index (χ3n) is 2.67. The van der Waals surface area contributed by atoms with Gasteiger partial charge in [0, 0.05) is 6.54 Å². The molecule has 0 saturated heterocycles. The molecule has 1 aromatic rings. The van der Waals surface area contributed by atoms with E-state index in [1.165, 1.54) is 0 Å². The third-order valence-corrected chi connectivity index (χ3v) is 2.67. The minimum Gasteiger partial charge on any atom is -0.481 e. The van der Waals surface area contributed by atoms with Gasteiger partial charge in [0.1, 0.15) is 5.60 Å². The van der Waals surface area contributed by atoms with Gasteiger partial charge < -0.3 is 19.9 Å². The first-order valence-electron chi connectivity index (χ1n) is 7.09. The van der Waals surface area contributed by atoms with Gasteiger partial charge in [-0.15, -0.1) is 0 Å². The molecule has 0 aliphatic heterocycles. The summed E-state index contributed by atoms with van der Waals surface area (Å²) in [4.78, 5) is 22.7. The number of alkyl carbamates (subject to hydrolysis) is 1. The van der Waals surface area contributed by atoms with Crippen LogP contribution in [0.4, 0.5) is 4.79 Å². The number of carboxylic acids is 1. The Kier molecular flexibility index (Phi) is 6.85. The summed E-state index contributed by atoms with van der Waals surface area (Å²) >= 11 is 0. The molecule has 0 aliphatic rings. The number of carbonyl (C=O) groups excluding carboxylic acids is 1. The van der Waals surface area contributed by atoms with Gasteiger partial charge in [0.15, 0.2) is 0 Å². The predicted molar refractivity (Wildman–Crippen MR) is 81.5 cm³/mol. The summed E-state index contributed by atoms with van der Waals surface area (Å²) in [6, 6.07) is 9.46. The van der Waals surface area contributed by atoms with E-state index in [2.05, 4.69) is 5.32 Å². The van der Waals surface area contributed by atoms with Crippen molar-refractivity contribution in [3.05, 3.63) is 35.9 Å². The lowest BCUT2D eigenvalue weighted by Gasteiger charge is -2.20. The fraction of sp³-hybridized carbons (Fsp3) is 0.500. The highest BCUT2D eigenvalue weighted by Crippen LogP contribution is 2.07. The zero-order valence-corrected chi connectivity index (χ0v) is 13.2. The second kappa shape index (κ2) is 8.38. The van der Waals surface area contributed by atoms with Crippen LogP contribution in [0.5, 0.6) is 0 Å². The first-order chi connectivity index (χ1) is 10.3. The topological polar surface area (TPSA) is 84.9 Å². The van der Waals surface area contributed by atoms with Crippen molar-refractivity contribution in [1.29, 1.82) is 0 Å². The molecule has 0 radical (unpaired) electrons. The molecule has 0 bridgehead atoms. The molecule has 6 nitrogen and oxygen atoms in total. The molecule has 0 fully saturated rings. The Labute approximate surface area is 130 Å². The zero-order chi connectivity index (χ0) is 16.6. The molecule has 1 atom stereocenters. The summed E-state index contributed by atoms with van der Waals surface area (Å²) < 4.78 is 10.5. The Morgan fingerprint density at radius 1 is 1.23 bits per heavy atom. The van der Waals surface area contributed by atoms with Gasteiger partial charge in [-0.25, -0.2) is 4.79 Å². The van der Waals surface area contributed by atoms with E-state index in [4.69, 9.17) is 14.6 Å². The first kappa shape index (κ1) is 18.0. The van der Waals surface area contributed by atoms with Gasteiger partial charge in [-0.2, -0.15) is 0 Å². The van der Waals surface area contributed by atoms with E-state index in [9.17, 15) is 9.59 Å². The van der Waals surface area contributed by atoms with E-state index in [0.717, 1.165) is 5.56 Å². The van der Waals surface area contributed by atoms with Crippen LogP contribution in [-0.2, 0) is 20.9 Å². The van der Waals surface area contributed by atoms with Crippen LogP contribution in [0.2, 0.25) is 0 Å². The van der Waals surface area contributed by atoms with Crippen LogP contribution >= 0.6 is 0 Å². The fourth-order valence-corrected chi connectivity index (χ4v) is 1.63. The van der Waals surface area contributed by atoms with Gasteiger partial charge in [0.25, 0.3) is 0 Å². The second-order valence-electron chi connectivity index (χ2n) is 5.92. The molecule has 1 rings (SSSR count). The van der Waals surface area contributed by atoms with Crippen LogP contribution in [-0.4, -0.2) is 35.9 Å². The maximum Gasteiger partial charge on any atom is 0.407 e. The minimum atomic E-state index is -1.02. The number of benzene rings is 1. The molecule has 122 valence electrons. The van der Waals surface area contributed by atoms with Crippen molar-refractivity contribution in [3.63, 3.8) is 0 Å². The molecule has 0 aliphatic carbocycles. The Morgan fingerprint density at radius 3 is 2.41 bits per heavy atom. The number of ether oxygens (including phenoxy) is 2. The maximum atomic E-state index is 11.5. The monoisotopic (exact) mass is 309 g/mol. The quantitative estimate of drug-likeness (QED) is 0.808. The van der Waals surface area contributed by atoms with Crippen molar-refractivity contribution >= 4 is 12.1 Å². The lowest BCUT2D eigenvalue weighted by Crippen LogP contribution is -2.38. The number of carbonyl (C=O) groups is 2. The highest BCUT2D eigenvalue weighted by molar-refractivity contribution is 5.72. The fourth-order valence-electron chi connectivity index (χ4n) is 1.63. The Morgan fingerprint density at radius 2 is 1.86 bits per heavy atom. The average molecular weight is 309 g/mol. The standard InChI is InChI=1S/C16H23NO5/c1-16(2,3)22-15(20)17-9-13(14(18)19)11-21-10-12-7-5-4-6-8-12/h4-8,13H,9-11H2,1-3H3,(H,17,20)(H,18,19)/t13-/m1/s1. The molecular weight excluding hydrogens is 286 g/mol. The summed E-state index contributed by atoms with van der Waals surface area (Å²) in [6.45, 7) is 5.52. The number of rotatable bonds is 7. The molecule has 22 heavy (non-hydrogen) atoms. The van der Waals surface area contributed by atoms with Gasteiger partial charge in [0.2, 0.25) is 0 Å². The summed E-state index contributed by atoms with van der Waals surface area (Å²) in [5, 5.41) is 11.6. The summed E-state index contributed by atoms with van der Waals surface area (Å²) in [7, 11) is 0. The zero-order valence-electron chi connectivity index (χ0n) is 13.2. The number of amides is 1. The summed E-state index contributed by atoms with van der Waals surface area (Å²) in [6.07, 6.45) is -0.637. The summed E-state index contributed by atoms with van der Waals surface area (Å²) in [5.74, 6) is -1.85. The first-order valence-corrected chi connectivity index (χ1v) is 7.09. The maximum absolute atomic E-state index is 11.5. The second-order valence-corrected chi connectivity index (χ2v) is 5.92. The highest BCUT2D eigenvalue weighted by Gasteiger charge is 2.21. The molecular formula is C16H23NO5. The average Bonchev–Trinajstić information content (AvgIpc) is 2.41. The number of hydrogen-bond acceptors (Lipinski definition) is 4. The number of nitrogens with one attached hydrogen (secondary N) is 1. The number of aliphatic carboxylic acids is 1. The molecule has 0 spiro atoms. The molecule has 1 amide bonds. The van der Waals surface area contributed by atoms with Crippen LogP contribution in [0, 0.1) is 5.92 Å². The number of hydrogen-bond donors (Lipinski definition) is 2. The molecule has 0 unspecified atom stereocenters. The molecule has 0 heterocycles. The van der Waals surface area contributed by atoms with E-state index in [-0.39, 0.29) is 13.2 Å². The Hall–Kier alpha value is -2.08. The van der Waals surface area contributed by atoms with Gasteiger partial charge in [0.05, 0.1) is 19.1 Å². The molecule has 0 aromatic heterocycles. The molecule has 2 N–H and O–H groups in total. The lowest BCUT2D eigenvalue weighted by molar-refractivity contribution is -0.143. The van der Waals surface area contributed by atoms with E-state index in [1.807, 2.05) is 30.3 Å². The van der Waals surface area contributed by atoms with Crippen molar-refractivity contribution in [2.75, 3.05) is 13.2 Å². The number of carboxylic acid groups (broad SMARTS) is 1. The third kappa shape index (κ3) is 7.64. The lowest BCUT2D eigenvalue weighted by atomic mass is 10.1. The van der Waals surface area contributed by atoms with Crippen LogP contribution in [0.15, 0.2) is 30.3 Å². The SMILES string of the molecule is CC(C)(C)OC(=O)NC[C@H](COCc1ccccc1)C(=O)O. The van der Waals surface area contributed by atoms with Crippen LogP contribution in [0.1, 0.15) is 26.3 Å².